The first kappa shape index (κ1) is 14.9. The molecule has 0 amide bonds. The van der Waals surface area contributed by atoms with Crippen molar-refractivity contribution >= 4 is 0 Å². The van der Waals surface area contributed by atoms with Gasteiger partial charge in [0.2, 0.25) is 0 Å². The minimum absolute atomic E-state index is 0.177. The van der Waals surface area contributed by atoms with Crippen LogP contribution in [0.2, 0.25) is 0 Å². The average molecular weight is 243 g/mol. The Morgan fingerprint density at radius 1 is 1.12 bits per heavy atom. The predicted octanol–water partition coefficient (Wildman–Crippen LogP) is 2.60. The smallest absolute Gasteiger partial charge is 0.0619 e. The van der Waals surface area contributed by atoms with Crippen molar-refractivity contribution in [3.05, 3.63) is 0 Å². The van der Waals surface area contributed by atoms with Gasteiger partial charge in [0.15, 0.2) is 0 Å². The zero-order valence-corrected chi connectivity index (χ0v) is 12.1. The van der Waals surface area contributed by atoms with E-state index in [9.17, 15) is 0 Å². The molecule has 0 aliphatic carbocycles. The summed E-state index contributed by atoms with van der Waals surface area (Å²) in [5, 5.41) is 3.55. The number of rotatable bonds is 5. The van der Waals surface area contributed by atoms with Gasteiger partial charge in [0.05, 0.1) is 12.7 Å². The summed E-state index contributed by atoms with van der Waals surface area (Å²) in [6.07, 6.45) is 2.49. The van der Waals surface area contributed by atoms with Gasteiger partial charge in [0, 0.05) is 30.7 Å². The van der Waals surface area contributed by atoms with E-state index in [0.717, 1.165) is 39.2 Å². The Kier molecular flexibility index (Phi) is 5.42. The van der Waals surface area contributed by atoms with Crippen molar-refractivity contribution < 1.29 is 9.47 Å². The van der Waals surface area contributed by atoms with Gasteiger partial charge in [-0.25, -0.2) is 0 Å². The summed E-state index contributed by atoms with van der Waals surface area (Å²) in [4.78, 5) is 0. The van der Waals surface area contributed by atoms with Crippen molar-refractivity contribution in [2.24, 2.45) is 5.41 Å². The molecule has 3 nitrogen and oxygen atoms in total. The number of ether oxygens (including phenoxy) is 2. The fourth-order valence-corrected chi connectivity index (χ4v) is 1.74. The Morgan fingerprint density at radius 2 is 1.71 bits per heavy atom. The van der Waals surface area contributed by atoms with Crippen molar-refractivity contribution in [2.45, 2.75) is 59.1 Å². The van der Waals surface area contributed by atoms with Crippen LogP contribution < -0.4 is 5.32 Å². The molecular formula is C14H29NO2. The van der Waals surface area contributed by atoms with Crippen LogP contribution in [0.25, 0.3) is 0 Å². The first-order valence-corrected chi connectivity index (χ1v) is 6.73. The van der Waals surface area contributed by atoms with E-state index >= 15 is 0 Å². The number of nitrogens with one attached hydrogen (secondary N) is 1. The standard InChI is InChI=1S/C14H29NO2/c1-13(2,3)15-10-14(4,5)11-17-12-6-8-16-9-7-12/h12,15H,6-11H2,1-5H3. The van der Waals surface area contributed by atoms with Gasteiger partial charge < -0.3 is 14.8 Å². The molecule has 1 heterocycles. The van der Waals surface area contributed by atoms with Gasteiger partial charge in [-0.3, -0.25) is 0 Å². The van der Waals surface area contributed by atoms with E-state index in [4.69, 9.17) is 9.47 Å². The lowest BCUT2D eigenvalue weighted by Gasteiger charge is -2.32. The molecule has 1 N–H and O–H groups in total. The molecule has 0 bridgehead atoms. The van der Waals surface area contributed by atoms with Gasteiger partial charge in [0.1, 0.15) is 0 Å². The highest BCUT2D eigenvalue weighted by Crippen LogP contribution is 2.19. The van der Waals surface area contributed by atoms with Gasteiger partial charge in [-0.2, -0.15) is 0 Å². The highest BCUT2D eigenvalue weighted by atomic mass is 16.5. The van der Waals surface area contributed by atoms with Crippen molar-refractivity contribution in [2.75, 3.05) is 26.4 Å². The second-order valence-corrected chi connectivity index (χ2v) is 6.89. The zero-order chi connectivity index (χ0) is 12.9. The van der Waals surface area contributed by atoms with Crippen LogP contribution in [0.15, 0.2) is 0 Å². The molecule has 0 spiro atoms. The third kappa shape index (κ3) is 7.02. The van der Waals surface area contributed by atoms with Crippen molar-refractivity contribution in [3.63, 3.8) is 0 Å². The molecule has 102 valence electrons. The van der Waals surface area contributed by atoms with E-state index in [-0.39, 0.29) is 11.0 Å². The van der Waals surface area contributed by atoms with E-state index in [0.29, 0.717) is 6.10 Å². The maximum Gasteiger partial charge on any atom is 0.0619 e. The largest absolute Gasteiger partial charge is 0.381 e. The molecule has 0 aromatic heterocycles. The summed E-state index contributed by atoms with van der Waals surface area (Å²) in [6.45, 7) is 14.6. The lowest BCUT2D eigenvalue weighted by Crippen LogP contribution is -2.44. The normalized spacial score (nSPS) is 19.6. The summed E-state index contributed by atoms with van der Waals surface area (Å²) >= 11 is 0. The summed E-state index contributed by atoms with van der Waals surface area (Å²) in [5.74, 6) is 0. The predicted molar refractivity (Wildman–Crippen MR) is 71.3 cm³/mol. The van der Waals surface area contributed by atoms with Crippen LogP contribution in [0.4, 0.5) is 0 Å². The minimum atomic E-state index is 0.177. The first-order chi connectivity index (χ1) is 7.79. The highest BCUT2D eigenvalue weighted by Gasteiger charge is 2.23. The Hall–Kier alpha value is -0.120. The summed E-state index contributed by atoms with van der Waals surface area (Å²) in [6, 6.07) is 0. The van der Waals surface area contributed by atoms with Crippen LogP contribution in [-0.4, -0.2) is 38.0 Å². The molecule has 0 unspecified atom stereocenters. The minimum Gasteiger partial charge on any atom is -0.381 e. The monoisotopic (exact) mass is 243 g/mol. The van der Waals surface area contributed by atoms with E-state index in [1.54, 1.807) is 0 Å². The molecule has 1 aliphatic rings. The van der Waals surface area contributed by atoms with Gasteiger partial charge in [0.25, 0.3) is 0 Å². The lowest BCUT2D eigenvalue weighted by atomic mass is 9.93. The van der Waals surface area contributed by atoms with Crippen LogP contribution in [-0.2, 0) is 9.47 Å². The lowest BCUT2D eigenvalue weighted by molar-refractivity contribution is -0.0561. The van der Waals surface area contributed by atoms with Crippen LogP contribution in [0.5, 0.6) is 0 Å². The summed E-state index contributed by atoms with van der Waals surface area (Å²) in [7, 11) is 0. The second-order valence-electron chi connectivity index (χ2n) is 6.89. The molecule has 0 atom stereocenters. The van der Waals surface area contributed by atoms with Crippen molar-refractivity contribution in [1.29, 1.82) is 0 Å². The molecule has 0 aromatic carbocycles. The Labute approximate surface area is 106 Å². The molecule has 1 aliphatic heterocycles. The maximum absolute atomic E-state index is 5.99. The van der Waals surface area contributed by atoms with Gasteiger partial charge in [-0.05, 0) is 33.6 Å². The van der Waals surface area contributed by atoms with Crippen LogP contribution in [0.1, 0.15) is 47.5 Å². The third-order valence-corrected chi connectivity index (χ3v) is 2.98. The van der Waals surface area contributed by atoms with E-state index in [1.165, 1.54) is 0 Å². The molecule has 1 fully saturated rings. The first-order valence-electron chi connectivity index (χ1n) is 6.73. The zero-order valence-electron chi connectivity index (χ0n) is 12.1. The Morgan fingerprint density at radius 3 is 2.24 bits per heavy atom. The van der Waals surface area contributed by atoms with Gasteiger partial charge in [-0.15, -0.1) is 0 Å². The molecule has 3 heteroatoms. The van der Waals surface area contributed by atoms with Gasteiger partial charge >= 0.3 is 0 Å². The average Bonchev–Trinajstić information content (AvgIpc) is 2.25. The van der Waals surface area contributed by atoms with E-state index in [1.807, 2.05) is 0 Å². The molecule has 1 saturated heterocycles. The topological polar surface area (TPSA) is 30.5 Å². The van der Waals surface area contributed by atoms with Crippen molar-refractivity contribution in [3.8, 4) is 0 Å². The van der Waals surface area contributed by atoms with Gasteiger partial charge in [-0.1, -0.05) is 13.8 Å². The molecular weight excluding hydrogens is 214 g/mol. The molecule has 0 saturated carbocycles. The summed E-state index contributed by atoms with van der Waals surface area (Å²) < 4.78 is 11.3. The number of hydrogen-bond donors (Lipinski definition) is 1. The van der Waals surface area contributed by atoms with E-state index < -0.39 is 0 Å². The third-order valence-electron chi connectivity index (χ3n) is 2.98. The van der Waals surface area contributed by atoms with Crippen LogP contribution in [0.3, 0.4) is 0 Å². The van der Waals surface area contributed by atoms with Crippen molar-refractivity contribution in [1.82, 2.24) is 5.32 Å². The molecule has 1 rings (SSSR count). The fraction of sp³-hybridized carbons (Fsp3) is 1.00. The quantitative estimate of drug-likeness (QED) is 0.805. The van der Waals surface area contributed by atoms with Crippen LogP contribution >= 0.6 is 0 Å². The Balaban J connectivity index is 2.23. The summed E-state index contributed by atoms with van der Waals surface area (Å²) in [5.41, 5.74) is 0.363. The van der Waals surface area contributed by atoms with Crippen LogP contribution in [0, 0.1) is 5.41 Å². The SMILES string of the molecule is CC(C)(CNC(C)(C)C)COC1CCOCC1. The Bertz CT molecular complexity index is 215. The highest BCUT2D eigenvalue weighted by molar-refractivity contribution is 4.78. The van der Waals surface area contributed by atoms with E-state index in [2.05, 4.69) is 39.9 Å². The fourth-order valence-electron chi connectivity index (χ4n) is 1.74. The maximum atomic E-state index is 5.99. The molecule has 0 aromatic rings. The second kappa shape index (κ2) is 6.17. The molecule has 0 radical (unpaired) electrons. The molecule has 17 heavy (non-hydrogen) atoms. The number of hydrogen-bond acceptors (Lipinski definition) is 3.